The topological polar surface area (TPSA) is 48.1 Å². The van der Waals surface area contributed by atoms with Crippen LogP contribution in [0.5, 0.6) is 11.5 Å². The molecule has 0 radical (unpaired) electrons. The average Bonchev–Trinajstić information content (AvgIpc) is 3.97. The van der Waals surface area contributed by atoms with Gasteiger partial charge in [-0.1, -0.05) is 159 Å². The van der Waals surface area contributed by atoms with E-state index in [0.717, 1.165) is 82.3 Å². The minimum atomic E-state index is -3.47. The van der Waals surface area contributed by atoms with Gasteiger partial charge in [-0.2, -0.15) is 0 Å². The van der Waals surface area contributed by atoms with Crippen LogP contribution in [0.25, 0.3) is 82.1 Å². The fourth-order valence-electron chi connectivity index (χ4n) is 10.6. The molecule has 0 atom stereocenters. The standard InChI is InChI=1S/C65H59N5O/c1-63(2,3)42-29-32-67-60(36-42)70-57-25-13-12-21-52(57)53-28-27-47(38-59(53)70)71-46-18-14-17-45(37-46)68-40-69-61-48(41-33-43(64(4,5)6)35-44(34-41)65(7,8)9)22-15-23-54(61)51-30-31-66-39-56(51)50-20-11-10-19-49(50)55-24-16-26-58(68)62(55)69/h10-39H,40H2,1-9H3/i4D3,5D3,6D3. The summed E-state index contributed by atoms with van der Waals surface area (Å²) in [7, 11) is 0. The van der Waals surface area contributed by atoms with Crippen molar-refractivity contribution in [3.05, 3.63) is 199 Å². The van der Waals surface area contributed by atoms with Gasteiger partial charge in [-0.25, -0.2) is 4.98 Å². The highest BCUT2D eigenvalue weighted by molar-refractivity contribution is 6.22. The predicted octanol–water partition coefficient (Wildman–Crippen LogP) is 17.6. The highest BCUT2D eigenvalue weighted by Gasteiger charge is 2.27. The summed E-state index contributed by atoms with van der Waals surface area (Å²) < 4.78 is 90.5. The highest BCUT2D eigenvalue weighted by Crippen LogP contribution is 2.46. The molecular formula is C65H59N5O. The summed E-state index contributed by atoms with van der Waals surface area (Å²) in [4.78, 5) is 11.8. The molecule has 0 unspecified atom stereocenters. The quantitative estimate of drug-likeness (QED) is 0.173. The third-order valence-electron chi connectivity index (χ3n) is 14.2. The molecule has 12 rings (SSSR count). The lowest BCUT2D eigenvalue weighted by atomic mass is 9.78. The van der Waals surface area contributed by atoms with E-state index >= 15 is 0 Å². The average molecular weight is 935 g/mol. The summed E-state index contributed by atoms with van der Waals surface area (Å²) in [5.41, 5.74) is 4.01. The number of rotatable bonds is 5. The van der Waals surface area contributed by atoms with Gasteiger partial charge in [0.15, 0.2) is 0 Å². The third-order valence-corrected chi connectivity index (χ3v) is 14.2. The zero-order valence-corrected chi connectivity index (χ0v) is 40.7. The van der Waals surface area contributed by atoms with Crippen molar-refractivity contribution in [1.82, 2.24) is 19.1 Å². The summed E-state index contributed by atoms with van der Waals surface area (Å²) in [5.74, 6) is 2.09. The van der Waals surface area contributed by atoms with Crippen LogP contribution in [0, 0.1) is 0 Å². The van der Waals surface area contributed by atoms with Crippen LogP contribution in [0.2, 0.25) is 0 Å². The van der Waals surface area contributed by atoms with Crippen LogP contribution in [0.4, 0.5) is 11.4 Å². The summed E-state index contributed by atoms with van der Waals surface area (Å²) in [6, 6.07) is 54.3. The second kappa shape index (κ2) is 16.3. The molecule has 0 saturated heterocycles. The minimum Gasteiger partial charge on any atom is -0.457 e. The number of benzene rings is 7. The Kier molecular flexibility index (Phi) is 8.08. The number of pyridine rings is 2. The van der Waals surface area contributed by atoms with E-state index in [0.29, 0.717) is 34.9 Å². The van der Waals surface area contributed by atoms with Gasteiger partial charge >= 0.3 is 0 Å². The summed E-state index contributed by atoms with van der Waals surface area (Å²) in [5, 5.41) is 7.71. The first-order chi connectivity index (χ1) is 37.8. The monoisotopic (exact) mass is 935 g/mol. The van der Waals surface area contributed by atoms with Crippen molar-refractivity contribution in [3.8, 4) is 28.4 Å². The third kappa shape index (κ3) is 7.56. The van der Waals surface area contributed by atoms with Gasteiger partial charge in [0.2, 0.25) is 0 Å². The number of para-hydroxylation sites is 3. The van der Waals surface area contributed by atoms with Crippen molar-refractivity contribution in [2.45, 2.75) is 85.0 Å². The van der Waals surface area contributed by atoms with Crippen molar-refractivity contribution < 1.29 is 17.1 Å². The molecule has 0 saturated carbocycles. The van der Waals surface area contributed by atoms with Gasteiger partial charge in [0.25, 0.3) is 0 Å². The van der Waals surface area contributed by atoms with Crippen molar-refractivity contribution in [2.75, 3.05) is 4.90 Å². The maximum absolute atomic E-state index is 8.79. The fourth-order valence-corrected chi connectivity index (χ4v) is 10.6. The maximum atomic E-state index is 8.79. The van der Waals surface area contributed by atoms with Gasteiger partial charge < -0.3 is 14.2 Å². The van der Waals surface area contributed by atoms with Crippen molar-refractivity contribution in [3.63, 3.8) is 0 Å². The van der Waals surface area contributed by atoms with E-state index in [1.807, 2.05) is 99.9 Å². The number of fused-ring (bicyclic) bond motifs is 10. The lowest BCUT2D eigenvalue weighted by Crippen LogP contribution is -2.17. The molecule has 11 aromatic rings. The largest absolute Gasteiger partial charge is 0.457 e. The number of hydrogen-bond donors (Lipinski definition) is 0. The molecular weight excluding hydrogens is 867 g/mol. The molecule has 6 nitrogen and oxygen atoms in total. The Bertz CT molecular complexity index is 4350. The Morgan fingerprint density at radius 3 is 1.92 bits per heavy atom. The molecule has 1 aliphatic heterocycles. The molecule has 0 fully saturated rings. The second-order valence-electron chi connectivity index (χ2n) is 20.9. The summed E-state index contributed by atoms with van der Waals surface area (Å²) >= 11 is 0. The molecule has 71 heavy (non-hydrogen) atoms. The minimum absolute atomic E-state index is 0.0798. The fraction of sp³-hybridized carbons (Fsp3) is 0.200. The smallest absolute Gasteiger partial charge is 0.137 e. The molecule has 6 heteroatoms. The molecule has 5 heterocycles. The number of aromatic nitrogens is 4. The normalized spacial score (nSPS) is 15.5. The van der Waals surface area contributed by atoms with E-state index in [1.54, 1.807) is 6.20 Å². The Labute approximate surface area is 428 Å². The summed E-state index contributed by atoms with van der Waals surface area (Å²) in [6.45, 7) is 2.32. The predicted molar refractivity (Wildman–Crippen MR) is 299 cm³/mol. The Hall–Kier alpha value is -7.96. The first-order valence-corrected chi connectivity index (χ1v) is 24.1. The summed E-state index contributed by atoms with van der Waals surface area (Å²) in [6.07, 6.45) is 5.52. The van der Waals surface area contributed by atoms with Gasteiger partial charge in [0.05, 0.1) is 27.8 Å². The SMILES string of the molecule is [2H]C([2H])([2H])C(c1cc(-c2cccc3c4ccncc4c4ccccc4c4cccc5c4n(c23)CN5c2cccc(Oc3ccc4c5ccccc5n(-c5cc(C(C)(C)C)ccn5)c4c3)c2)cc(C(C)(C)C)c1)(C([2H])([2H])[2H])C([2H])([2H])[2H]. The van der Waals surface area contributed by atoms with Crippen molar-refractivity contribution in [1.29, 1.82) is 0 Å². The van der Waals surface area contributed by atoms with Gasteiger partial charge in [-0.05, 0) is 109 Å². The molecule has 0 aliphatic carbocycles. The van der Waals surface area contributed by atoms with Crippen molar-refractivity contribution >= 4 is 76.5 Å². The number of anilines is 2. The van der Waals surface area contributed by atoms with Crippen LogP contribution in [0.1, 0.15) is 91.1 Å². The van der Waals surface area contributed by atoms with Crippen LogP contribution in [0.3, 0.4) is 0 Å². The maximum Gasteiger partial charge on any atom is 0.137 e. The Balaban J connectivity index is 1.08. The first-order valence-electron chi connectivity index (χ1n) is 28.6. The van der Waals surface area contributed by atoms with Crippen LogP contribution in [-0.2, 0) is 22.9 Å². The lowest BCUT2D eigenvalue weighted by Gasteiger charge is -2.27. The zero-order chi connectivity index (χ0) is 56.5. The first kappa shape index (κ1) is 35.2. The van der Waals surface area contributed by atoms with Gasteiger partial charge in [-0.15, -0.1) is 0 Å². The molecule has 1 aliphatic rings. The Morgan fingerprint density at radius 1 is 0.493 bits per heavy atom. The number of hydrogen-bond acceptors (Lipinski definition) is 4. The van der Waals surface area contributed by atoms with E-state index < -0.39 is 31.4 Å². The van der Waals surface area contributed by atoms with E-state index in [-0.39, 0.29) is 11.0 Å². The van der Waals surface area contributed by atoms with Crippen LogP contribution < -0.4 is 9.64 Å². The van der Waals surface area contributed by atoms with E-state index in [4.69, 9.17) is 22.1 Å². The zero-order valence-electron chi connectivity index (χ0n) is 49.7. The van der Waals surface area contributed by atoms with Crippen LogP contribution >= 0.6 is 0 Å². The molecule has 4 aromatic heterocycles. The van der Waals surface area contributed by atoms with E-state index in [2.05, 4.69) is 125 Å². The molecule has 0 bridgehead atoms. The molecule has 350 valence electrons. The molecule has 7 aromatic carbocycles. The lowest BCUT2D eigenvalue weighted by molar-refractivity contribution is 0.483. The second-order valence-corrected chi connectivity index (χ2v) is 20.9. The van der Waals surface area contributed by atoms with E-state index in [9.17, 15) is 0 Å². The molecule has 0 N–H and O–H groups in total. The van der Waals surface area contributed by atoms with Crippen molar-refractivity contribution in [2.24, 2.45) is 0 Å². The molecule has 0 amide bonds. The van der Waals surface area contributed by atoms with Gasteiger partial charge in [0, 0.05) is 81.2 Å². The van der Waals surface area contributed by atoms with Crippen LogP contribution in [-0.4, -0.2) is 19.1 Å². The molecule has 0 spiro atoms. The number of nitrogens with zero attached hydrogens (tertiary/aromatic N) is 5. The Morgan fingerprint density at radius 2 is 1.14 bits per heavy atom. The highest BCUT2D eigenvalue weighted by atomic mass is 16.5. The number of ether oxygens (including phenoxy) is 1. The van der Waals surface area contributed by atoms with Gasteiger partial charge in [0.1, 0.15) is 24.0 Å². The van der Waals surface area contributed by atoms with Gasteiger partial charge in [-0.3, -0.25) is 9.55 Å². The van der Waals surface area contributed by atoms with E-state index in [1.165, 1.54) is 17.7 Å². The van der Waals surface area contributed by atoms with Crippen LogP contribution in [0.15, 0.2) is 182 Å².